The second-order valence-corrected chi connectivity index (χ2v) is 5.32. The highest BCUT2D eigenvalue weighted by atomic mass is 35.5. The summed E-state index contributed by atoms with van der Waals surface area (Å²) in [4.78, 5) is 24.0. The Morgan fingerprint density at radius 1 is 1.37 bits per heavy atom. The average Bonchev–Trinajstić information content (AvgIpc) is 2.36. The average molecular weight is 285 g/mol. The second-order valence-electron chi connectivity index (χ2n) is 4.96. The Balaban J connectivity index is 2.47. The monoisotopic (exact) mass is 284 g/mol. The number of piperazine rings is 1. The zero-order chi connectivity index (χ0) is 14.2. The highest BCUT2D eigenvalue weighted by Crippen LogP contribution is 2.36. The first kappa shape index (κ1) is 13.9. The lowest BCUT2D eigenvalue weighted by atomic mass is 9.98. The molecule has 0 N–H and O–H groups in total. The highest BCUT2D eigenvalue weighted by molar-refractivity contribution is 6.31. The first-order chi connectivity index (χ1) is 8.89. The number of halogens is 1. The summed E-state index contributed by atoms with van der Waals surface area (Å²) in [6, 6.07) is 0. The number of hydrogen-bond acceptors (Lipinski definition) is 5. The van der Waals surface area contributed by atoms with E-state index < -0.39 is 5.54 Å². The fourth-order valence-corrected chi connectivity index (χ4v) is 2.50. The number of carbonyl (C=O) groups is 1. The van der Waals surface area contributed by atoms with Gasteiger partial charge in [-0.2, -0.15) is 0 Å². The quantitative estimate of drug-likeness (QED) is 0.764. The molecule has 2 heterocycles. The SMILES string of the molecule is COc1c(Cl)ncnc1N1CCN(C)C(=O)C1(C)C. The van der Waals surface area contributed by atoms with Crippen LogP contribution >= 0.6 is 11.6 Å². The van der Waals surface area contributed by atoms with E-state index >= 15 is 0 Å². The first-order valence-corrected chi connectivity index (χ1v) is 6.35. The lowest BCUT2D eigenvalue weighted by molar-refractivity contribution is -0.136. The van der Waals surface area contributed by atoms with E-state index in [-0.39, 0.29) is 11.1 Å². The van der Waals surface area contributed by atoms with Crippen molar-refractivity contribution < 1.29 is 9.53 Å². The van der Waals surface area contributed by atoms with Crippen LogP contribution in [-0.4, -0.2) is 53.6 Å². The molecule has 0 bridgehead atoms. The molecule has 1 saturated heterocycles. The molecule has 0 radical (unpaired) electrons. The fraction of sp³-hybridized carbons (Fsp3) is 0.583. The fourth-order valence-electron chi connectivity index (χ4n) is 2.30. The van der Waals surface area contributed by atoms with E-state index in [1.165, 1.54) is 13.4 Å². The van der Waals surface area contributed by atoms with Gasteiger partial charge in [-0.05, 0) is 13.8 Å². The van der Waals surface area contributed by atoms with Crippen LogP contribution in [0.4, 0.5) is 5.82 Å². The van der Waals surface area contributed by atoms with Crippen LogP contribution < -0.4 is 9.64 Å². The molecule has 19 heavy (non-hydrogen) atoms. The van der Waals surface area contributed by atoms with Crippen LogP contribution in [0.15, 0.2) is 6.33 Å². The molecular formula is C12H17ClN4O2. The van der Waals surface area contributed by atoms with Gasteiger partial charge in [-0.25, -0.2) is 9.97 Å². The number of likely N-dealkylation sites (N-methyl/N-ethyl adjacent to an activating group) is 1. The van der Waals surface area contributed by atoms with E-state index in [1.807, 2.05) is 18.7 Å². The molecule has 0 aliphatic carbocycles. The second kappa shape index (κ2) is 4.85. The summed E-state index contributed by atoms with van der Waals surface area (Å²) in [5.41, 5.74) is -0.696. The molecule has 1 amide bonds. The third-order valence-electron chi connectivity index (χ3n) is 3.41. The Bertz CT molecular complexity index is 507. The van der Waals surface area contributed by atoms with E-state index in [1.54, 1.807) is 11.9 Å². The van der Waals surface area contributed by atoms with E-state index in [4.69, 9.17) is 16.3 Å². The van der Waals surface area contributed by atoms with Crippen LogP contribution in [-0.2, 0) is 4.79 Å². The van der Waals surface area contributed by atoms with Gasteiger partial charge in [0.25, 0.3) is 0 Å². The molecule has 0 saturated carbocycles. The van der Waals surface area contributed by atoms with Gasteiger partial charge in [0, 0.05) is 20.1 Å². The van der Waals surface area contributed by atoms with Crippen LogP contribution in [0.5, 0.6) is 5.75 Å². The summed E-state index contributed by atoms with van der Waals surface area (Å²) in [5, 5.41) is 0.245. The number of ether oxygens (including phenoxy) is 1. The highest BCUT2D eigenvalue weighted by Gasteiger charge is 2.42. The van der Waals surface area contributed by atoms with Crippen molar-refractivity contribution >= 4 is 23.3 Å². The molecule has 2 rings (SSSR count). The van der Waals surface area contributed by atoms with Gasteiger partial charge in [0.1, 0.15) is 11.9 Å². The maximum Gasteiger partial charge on any atom is 0.247 e. The molecule has 1 aromatic rings. The van der Waals surface area contributed by atoms with Crippen LogP contribution in [0, 0.1) is 0 Å². The Morgan fingerprint density at radius 2 is 2.05 bits per heavy atom. The summed E-state index contributed by atoms with van der Waals surface area (Å²) >= 11 is 6.01. The molecule has 0 aromatic carbocycles. The summed E-state index contributed by atoms with van der Waals surface area (Å²) in [7, 11) is 3.31. The number of amides is 1. The van der Waals surface area contributed by atoms with Crippen molar-refractivity contribution in [3.63, 3.8) is 0 Å². The number of anilines is 1. The Hall–Kier alpha value is -1.56. The van der Waals surface area contributed by atoms with E-state index in [9.17, 15) is 4.79 Å². The maximum absolute atomic E-state index is 12.3. The Kier molecular flexibility index (Phi) is 3.54. The van der Waals surface area contributed by atoms with Gasteiger partial charge >= 0.3 is 0 Å². The molecule has 104 valence electrons. The largest absolute Gasteiger partial charge is 0.490 e. The Labute approximate surface area is 117 Å². The van der Waals surface area contributed by atoms with Crippen molar-refractivity contribution in [3.05, 3.63) is 11.5 Å². The number of aromatic nitrogens is 2. The smallest absolute Gasteiger partial charge is 0.247 e. The lowest BCUT2D eigenvalue weighted by Crippen LogP contribution is -2.62. The van der Waals surface area contributed by atoms with Crippen molar-refractivity contribution in [1.82, 2.24) is 14.9 Å². The maximum atomic E-state index is 12.3. The summed E-state index contributed by atoms with van der Waals surface area (Å²) in [6.07, 6.45) is 1.37. The van der Waals surface area contributed by atoms with Gasteiger partial charge in [0.2, 0.25) is 5.91 Å². The van der Waals surface area contributed by atoms with Gasteiger partial charge in [-0.1, -0.05) is 11.6 Å². The van der Waals surface area contributed by atoms with E-state index in [0.717, 1.165) is 0 Å². The van der Waals surface area contributed by atoms with Crippen LogP contribution in [0.3, 0.4) is 0 Å². The molecule has 7 heteroatoms. The van der Waals surface area contributed by atoms with Gasteiger partial charge in [0.05, 0.1) is 7.11 Å². The molecule has 0 atom stereocenters. The van der Waals surface area contributed by atoms with E-state index in [2.05, 4.69) is 9.97 Å². The van der Waals surface area contributed by atoms with Crippen molar-refractivity contribution in [1.29, 1.82) is 0 Å². The standard InChI is InChI=1S/C12H17ClN4O2/c1-12(2)11(18)16(3)5-6-17(12)10-8(19-4)9(13)14-7-15-10/h7H,5-6H2,1-4H3. The number of hydrogen-bond donors (Lipinski definition) is 0. The van der Waals surface area contributed by atoms with Gasteiger partial charge < -0.3 is 14.5 Å². The number of nitrogens with zero attached hydrogens (tertiary/aromatic N) is 4. The molecule has 0 unspecified atom stereocenters. The molecule has 1 fully saturated rings. The van der Waals surface area contributed by atoms with E-state index in [0.29, 0.717) is 24.7 Å². The summed E-state index contributed by atoms with van der Waals surface area (Å²) in [6.45, 7) is 5.02. The minimum Gasteiger partial charge on any atom is -0.490 e. The van der Waals surface area contributed by atoms with Gasteiger partial charge in [0.15, 0.2) is 16.7 Å². The molecule has 1 aromatic heterocycles. The molecule has 1 aliphatic heterocycles. The van der Waals surface area contributed by atoms with Crippen LogP contribution in [0.2, 0.25) is 5.15 Å². The predicted molar refractivity (Wildman–Crippen MR) is 72.7 cm³/mol. The lowest BCUT2D eigenvalue weighted by Gasteiger charge is -2.45. The molecule has 6 nitrogen and oxygen atoms in total. The minimum atomic E-state index is -0.696. The molecule has 1 aliphatic rings. The first-order valence-electron chi connectivity index (χ1n) is 5.97. The summed E-state index contributed by atoms with van der Waals surface area (Å²) in [5.74, 6) is 0.985. The number of rotatable bonds is 2. The molecular weight excluding hydrogens is 268 g/mol. The normalized spacial score (nSPS) is 18.7. The summed E-state index contributed by atoms with van der Waals surface area (Å²) < 4.78 is 5.26. The minimum absolute atomic E-state index is 0.0375. The van der Waals surface area contributed by atoms with Crippen LogP contribution in [0.1, 0.15) is 13.8 Å². The van der Waals surface area contributed by atoms with Gasteiger partial charge in [-0.15, -0.1) is 0 Å². The topological polar surface area (TPSA) is 58.6 Å². The third-order valence-corrected chi connectivity index (χ3v) is 3.67. The number of carbonyl (C=O) groups excluding carboxylic acids is 1. The zero-order valence-electron chi connectivity index (χ0n) is 11.5. The van der Waals surface area contributed by atoms with Crippen LogP contribution in [0.25, 0.3) is 0 Å². The third kappa shape index (κ3) is 2.20. The van der Waals surface area contributed by atoms with Crippen molar-refractivity contribution in [2.45, 2.75) is 19.4 Å². The van der Waals surface area contributed by atoms with Crippen molar-refractivity contribution in [2.75, 3.05) is 32.1 Å². The van der Waals surface area contributed by atoms with Gasteiger partial charge in [-0.3, -0.25) is 4.79 Å². The zero-order valence-corrected chi connectivity index (χ0v) is 12.2. The van der Waals surface area contributed by atoms with Crippen molar-refractivity contribution in [3.8, 4) is 5.75 Å². The number of methoxy groups -OCH3 is 1. The Morgan fingerprint density at radius 3 is 2.68 bits per heavy atom. The predicted octanol–water partition coefficient (Wildman–Crippen LogP) is 1.20. The molecule has 0 spiro atoms. The van der Waals surface area contributed by atoms with Crippen molar-refractivity contribution in [2.24, 2.45) is 0 Å².